The van der Waals surface area contributed by atoms with Gasteiger partial charge in [-0.3, -0.25) is 9.59 Å². The van der Waals surface area contributed by atoms with Crippen LogP contribution in [0.2, 0.25) is 0 Å². The summed E-state index contributed by atoms with van der Waals surface area (Å²) in [4.78, 5) is 23.2. The van der Waals surface area contributed by atoms with E-state index in [-0.39, 0.29) is 11.5 Å². The minimum atomic E-state index is -0.732. The maximum absolute atomic E-state index is 11.8. The quantitative estimate of drug-likeness (QED) is 0.841. The lowest BCUT2D eigenvalue weighted by atomic mass is 10.2. The molecular formula is C14H11BrN2O3. The summed E-state index contributed by atoms with van der Waals surface area (Å²) < 4.78 is 5.80. The van der Waals surface area contributed by atoms with Crippen molar-refractivity contribution in [2.45, 2.75) is 0 Å². The first-order valence-corrected chi connectivity index (χ1v) is 6.47. The zero-order valence-electron chi connectivity index (χ0n) is 10.3. The van der Waals surface area contributed by atoms with E-state index in [9.17, 15) is 9.59 Å². The van der Waals surface area contributed by atoms with Crippen molar-refractivity contribution in [2.75, 3.05) is 0 Å². The smallest absolute Gasteiger partial charge is 0.291 e. The van der Waals surface area contributed by atoms with Gasteiger partial charge in [0, 0.05) is 4.47 Å². The van der Waals surface area contributed by atoms with E-state index in [1.807, 2.05) is 12.1 Å². The number of furan rings is 1. The molecule has 0 fully saturated rings. The molecule has 0 saturated carbocycles. The van der Waals surface area contributed by atoms with E-state index in [1.165, 1.54) is 18.4 Å². The van der Waals surface area contributed by atoms with Crippen LogP contribution in [-0.4, -0.2) is 11.8 Å². The Morgan fingerprint density at radius 2 is 2.05 bits per heavy atom. The van der Waals surface area contributed by atoms with Crippen molar-refractivity contribution in [2.24, 2.45) is 5.73 Å². The largest absolute Gasteiger partial charge is 0.459 e. The van der Waals surface area contributed by atoms with Gasteiger partial charge in [-0.2, -0.15) is 0 Å². The summed E-state index contributed by atoms with van der Waals surface area (Å²) >= 11 is 3.32. The fourth-order valence-corrected chi connectivity index (χ4v) is 1.94. The van der Waals surface area contributed by atoms with E-state index >= 15 is 0 Å². The van der Waals surface area contributed by atoms with Gasteiger partial charge in [0.05, 0.1) is 6.26 Å². The van der Waals surface area contributed by atoms with Gasteiger partial charge in [-0.15, -0.1) is 0 Å². The highest BCUT2D eigenvalue weighted by molar-refractivity contribution is 9.10. The first-order valence-electron chi connectivity index (χ1n) is 5.68. The number of benzene rings is 1. The van der Waals surface area contributed by atoms with Crippen LogP contribution < -0.4 is 11.1 Å². The molecule has 102 valence electrons. The number of nitrogens with two attached hydrogens (primary N) is 1. The Bertz CT molecular complexity index is 663. The number of halogens is 1. The Labute approximate surface area is 123 Å². The van der Waals surface area contributed by atoms with E-state index < -0.39 is 11.8 Å². The SMILES string of the molecule is NC(=O)/C(=C\c1cccc(Br)c1)NC(=O)c1ccco1. The van der Waals surface area contributed by atoms with Crippen molar-refractivity contribution in [3.8, 4) is 0 Å². The molecule has 2 amide bonds. The molecule has 1 aromatic carbocycles. The van der Waals surface area contributed by atoms with Crippen molar-refractivity contribution in [3.63, 3.8) is 0 Å². The molecule has 0 aliphatic carbocycles. The molecule has 0 radical (unpaired) electrons. The number of primary amides is 1. The monoisotopic (exact) mass is 334 g/mol. The molecule has 6 heteroatoms. The molecule has 1 aromatic heterocycles. The molecule has 0 saturated heterocycles. The zero-order chi connectivity index (χ0) is 14.5. The van der Waals surface area contributed by atoms with Gasteiger partial charge < -0.3 is 15.5 Å². The first-order chi connectivity index (χ1) is 9.56. The van der Waals surface area contributed by atoms with Crippen LogP contribution in [0.25, 0.3) is 6.08 Å². The van der Waals surface area contributed by atoms with E-state index in [4.69, 9.17) is 10.2 Å². The summed E-state index contributed by atoms with van der Waals surface area (Å²) in [5.41, 5.74) is 5.98. The second kappa shape index (κ2) is 6.21. The van der Waals surface area contributed by atoms with Gasteiger partial charge in [0.15, 0.2) is 5.76 Å². The summed E-state index contributed by atoms with van der Waals surface area (Å²) in [5, 5.41) is 2.43. The van der Waals surface area contributed by atoms with E-state index in [0.29, 0.717) is 0 Å². The molecule has 0 unspecified atom stereocenters. The minimum Gasteiger partial charge on any atom is -0.459 e. The standard InChI is InChI=1S/C14H11BrN2O3/c15-10-4-1-3-9(7-10)8-11(13(16)18)17-14(19)12-5-2-6-20-12/h1-8H,(H2,16,18)(H,17,19)/b11-8+. The lowest BCUT2D eigenvalue weighted by Gasteiger charge is -2.05. The highest BCUT2D eigenvalue weighted by atomic mass is 79.9. The predicted molar refractivity (Wildman–Crippen MR) is 77.5 cm³/mol. The number of hydrogen-bond acceptors (Lipinski definition) is 3. The molecule has 0 aliphatic heterocycles. The molecule has 0 spiro atoms. The highest BCUT2D eigenvalue weighted by Gasteiger charge is 2.13. The van der Waals surface area contributed by atoms with Crippen LogP contribution in [0.5, 0.6) is 0 Å². The van der Waals surface area contributed by atoms with Crippen molar-refractivity contribution in [3.05, 3.63) is 64.2 Å². The molecule has 0 aliphatic rings. The van der Waals surface area contributed by atoms with E-state index in [2.05, 4.69) is 21.2 Å². The summed E-state index contributed by atoms with van der Waals surface area (Å²) in [7, 11) is 0. The number of carbonyl (C=O) groups is 2. The predicted octanol–water partition coefficient (Wildman–Crippen LogP) is 2.30. The van der Waals surface area contributed by atoms with E-state index in [1.54, 1.807) is 18.2 Å². The van der Waals surface area contributed by atoms with Gasteiger partial charge in [-0.1, -0.05) is 28.1 Å². The summed E-state index contributed by atoms with van der Waals surface area (Å²) in [5.74, 6) is -1.16. The first kappa shape index (κ1) is 14.1. The third-order valence-electron chi connectivity index (χ3n) is 2.42. The van der Waals surface area contributed by atoms with Crippen LogP contribution >= 0.6 is 15.9 Å². The molecule has 0 bridgehead atoms. The summed E-state index contributed by atoms with van der Waals surface area (Å²) in [6, 6.07) is 10.3. The maximum Gasteiger partial charge on any atom is 0.291 e. The second-order valence-corrected chi connectivity index (χ2v) is 4.82. The third kappa shape index (κ3) is 3.58. The fourth-order valence-electron chi connectivity index (χ4n) is 1.52. The molecule has 0 atom stereocenters. The van der Waals surface area contributed by atoms with Crippen molar-refractivity contribution < 1.29 is 14.0 Å². The molecule has 2 aromatic rings. The van der Waals surface area contributed by atoms with E-state index in [0.717, 1.165) is 10.0 Å². The Hall–Kier alpha value is -2.34. The average Bonchev–Trinajstić information content (AvgIpc) is 2.91. The number of amides is 2. The van der Waals surface area contributed by atoms with Crippen LogP contribution in [0.4, 0.5) is 0 Å². The van der Waals surface area contributed by atoms with Crippen LogP contribution in [0.3, 0.4) is 0 Å². The van der Waals surface area contributed by atoms with Crippen LogP contribution in [-0.2, 0) is 4.79 Å². The van der Waals surface area contributed by atoms with Gasteiger partial charge in [0.2, 0.25) is 0 Å². The Morgan fingerprint density at radius 3 is 2.65 bits per heavy atom. The summed E-state index contributed by atoms with van der Waals surface area (Å²) in [6.45, 7) is 0. The molecule has 5 nitrogen and oxygen atoms in total. The number of carbonyl (C=O) groups excluding carboxylic acids is 2. The number of hydrogen-bond donors (Lipinski definition) is 2. The lowest BCUT2D eigenvalue weighted by molar-refractivity contribution is -0.114. The van der Waals surface area contributed by atoms with Crippen molar-refractivity contribution in [1.29, 1.82) is 0 Å². The summed E-state index contributed by atoms with van der Waals surface area (Å²) in [6.07, 6.45) is 2.87. The third-order valence-corrected chi connectivity index (χ3v) is 2.91. The average molecular weight is 335 g/mol. The normalized spacial score (nSPS) is 11.2. The zero-order valence-corrected chi connectivity index (χ0v) is 11.9. The van der Waals surface area contributed by atoms with Crippen LogP contribution in [0.1, 0.15) is 16.1 Å². The molecule has 2 rings (SSSR count). The van der Waals surface area contributed by atoms with Crippen molar-refractivity contribution in [1.82, 2.24) is 5.32 Å². The topological polar surface area (TPSA) is 85.3 Å². The van der Waals surface area contributed by atoms with Crippen LogP contribution in [0, 0.1) is 0 Å². The number of rotatable bonds is 4. The lowest BCUT2D eigenvalue weighted by Crippen LogP contribution is -2.30. The molecule has 20 heavy (non-hydrogen) atoms. The van der Waals surface area contributed by atoms with Gasteiger partial charge in [-0.05, 0) is 35.9 Å². The van der Waals surface area contributed by atoms with Crippen LogP contribution in [0.15, 0.2) is 57.2 Å². The molecule has 1 heterocycles. The Balaban J connectivity index is 2.23. The Kier molecular flexibility index (Phi) is 4.37. The van der Waals surface area contributed by atoms with Gasteiger partial charge in [0.25, 0.3) is 11.8 Å². The highest BCUT2D eigenvalue weighted by Crippen LogP contribution is 2.14. The maximum atomic E-state index is 11.8. The Morgan fingerprint density at radius 1 is 1.25 bits per heavy atom. The van der Waals surface area contributed by atoms with Gasteiger partial charge in [0.1, 0.15) is 5.70 Å². The van der Waals surface area contributed by atoms with Gasteiger partial charge >= 0.3 is 0 Å². The van der Waals surface area contributed by atoms with Gasteiger partial charge in [-0.25, -0.2) is 0 Å². The number of nitrogens with one attached hydrogen (secondary N) is 1. The fraction of sp³-hybridized carbons (Fsp3) is 0. The minimum absolute atomic E-state index is 0.00972. The second-order valence-electron chi connectivity index (χ2n) is 3.91. The molecular weight excluding hydrogens is 324 g/mol. The molecule has 3 N–H and O–H groups in total. The van der Waals surface area contributed by atoms with Crippen molar-refractivity contribution >= 4 is 33.8 Å².